The van der Waals surface area contributed by atoms with Gasteiger partial charge in [0, 0.05) is 31.5 Å². The summed E-state index contributed by atoms with van der Waals surface area (Å²) in [5.41, 5.74) is 17.5. The first-order chi connectivity index (χ1) is 27.8. The predicted molar refractivity (Wildman–Crippen MR) is 216 cm³/mol. The molecule has 1 aromatic rings. The minimum atomic E-state index is -1.06. The summed E-state index contributed by atoms with van der Waals surface area (Å²) in [5.74, 6) is -4.54. The van der Waals surface area contributed by atoms with Crippen LogP contribution in [0.15, 0.2) is 24.3 Å². The van der Waals surface area contributed by atoms with Crippen LogP contribution in [-0.2, 0) is 40.0 Å². The van der Waals surface area contributed by atoms with Crippen molar-refractivity contribution in [1.82, 2.24) is 31.9 Å². The van der Waals surface area contributed by atoms with Crippen molar-refractivity contribution in [1.29, 1.82) is 0 Å². The molecule has 58 heavy (non-hydrogen) atoms. The van der Waals surface area contributed by atoms with E-state index in [-0.39, 0.29) is 35.9 Å². The lowest BCUT2D eigenvalue weighted by Crippen LogP contribution is -2.57. The molecule has 0 unspecified atom stereocenters. The van der Waals surface area contributed by atoms with E-state index in [4.69, 9.17) is 17.2 Å². The summed E-state index contributed by atoms with van der Waals surface area (Å²) in [4.78, 5) is 92.5. The van der Waals surface area contributed by atoms with Crippen LogP contribution in [0.25, 0.3) is 0 Å². The third kappa shape index (κ3) is 13.7. The van der Waals surface area contributed by atoms with E-state index in [0.717, 1.165) is 6.42 Å². The number of aromatic hydroxyl groups is 1. The highest BCUT2D eigenvalue weighted by atomic mass is 16.3. The van der Waals surface area contributed by atoms with Gasteiger partial charge < -0.3 is 54.2 Å². The van der Waals surface area contributed by atoms with Crippen molar-refractivity contribution < 1.29 is 38.7 Å². The fourth-order valence-corrected chi connectivity index (χ4v) is 8.62. The van der Waals surface area contributed by atoms with Crippen LogP contribution in [0.5, 0.6) is 5.75 Å². The fraction of sp³-hybridized carbons (Fsp3) is 0.683. The molecular formula is C41H65N9O8. The quantitative estimate of drug-likeness (QED) is 0.0700. The number of carbonyl (C=O) groups is 7. The molecule has 17 heteroatoms. The SMILES string of the molecule is CC(=O)N[C@@H]1CCC[C@H]1C(=O)N[C@H](CCCCN)C(=O)N[C@@H]1CCC[C@H]1C(=O)N[C@H](Cc1ccc(O)cc1)C(=O)N[C@@H]1CCC[C@H]1C(=O)N[C@H](CCCCN)C(N)=O. The Morgan fingerprint density at radius 3 is 1.47 bits per heavy atom. The number of primary amides is 1. The van der Waals surface area contributed by atoms with E-state index in [2.05, 4.69) is 31.9 Å². The lowest BCUT2D eigenvalue weighted by atomic mass is 9.97. The Morgan fingerprint density at radius 1 is 0.603 bits per heavy atom. The molecule has 0 radical (unpaired) electrons. The average molecular weight is 812 g/mol. The van der Waals surface area contributed by atoms with Crippen LogP contribution in [-0.4, -0.2) is 95.8 Å². The van der Waals surface area contributed by atoms with E-state index < -0.39 is 71.6 Å². The first-order valence-electron chi connectivity index (χ1n) is 21.1. The normalized spacial score (nSPS) is 24.2. The number of amides is 7. The summed E-state index contributed by atoms with van der Waals surface area (Å²) < 4.78 is 0. The molecule has 0 saturated heterocycles. The van der Waals surface area contributed by atoms with E-state index in [1.54, 1.807) is 12.1 Å². The van der Waals surface area contributed by atoms with Gasteiger partial charge in [-0.3, -0.25) is 33.6 Å². The first-order valence-corrected chi connectivity index (χ1v) is 21.1. The predicted octanol–water partition coefficient (Wildman–Crippen LogP) is 0.00700. The fourth-order valence-electron chi connectivity index (χ4n) is 8.62. The molecular weight excluding hydrogens is 747 g/mol. The van der Waals surface area contributed by atoms with Crippen LogP contribution in [0.1, 0.15) is 109 Å². The molecule has 13 N–H and O–H groups in total. The average Bonchev–Trinajstić information content (AvgIpc) is 3.96. The summed E-state index contributed by atoms with van der Waals surface area (Å²) in [7, 11) is 0. The van der Waals surface area contributed by atoms with Gasteiger partial charge in [-0.15, -0.1) is 0 Å². The maximum absolute atomic E-state index is 14.0. The number of nitrogens with two attached hydrogens (primary N) is 3. The van der Waals surface area contributed by atoms with Crippen molar-refractivity contribution in [3.8, 4) is 5.75 Å². The maximum atomic E-state index is 14.0. The van der Waals surface area contributed by atoms with Crippen molar-refractivity contribution in [2.75, 3.05) is 13.1 Å². The van der Waals surface area contributed by atoms with Gasteiger partial charge >= 0.3 is 0 Å². The van der Waals surface area contributed by atoms with Crippen LogP contribution in [0, 0.1) is 17.8 Å². The molecule has 0 spiro atoms. The number of rotatable bonds is 22. The zero-order valence-corrected chi connectivity index (χ0v) is 33.8. The molecule has 3 aliphatic rings. The lowest BCUT2D eigenvalue weighted by molar-refractivity contribution is -0.134. The highest BCUT2D eigenvalue weighted by molar-refractivity contribution is 5.92. The van der Waals surface area contributed by atoms with Gasteiger partial charge in [0.05, 0.1) is 17.8 Å². The van der Waals surface area contributed by atoms with E-state index in [1.807, 2.05) is 0 Å². The second kappa shape index (κ2) is 23.0. The number of phenols is 1. The highest BCUT2D eigenvalue weighted by Crippen LogP contribution is 2.29. The van der Waals surface area contributed by atoms with Crippen molar-refractivity contribution >= 4 is 41.4 Å². The zero-order chi connectivity index (χ0) is 42.2. The van der Waals surface area contributed by atoms with Crippen molar-refractivity contribution in [3.63, 3.8) is 0 Å². The van der Waals surface area contributed by atoms with E-state index >= 15 is 0 Å². The smallest absolute Gasteiger partial charge is 0.243 e. The Balaban J connectivity index is 1.44. The van der Waals surface area contributed by atoms with Crippen molar-refractivity contribution in [2.24, 2.45) is 35.0 Å². The molecule has 0 heterocycles. The van der Waals surface area contributed by atoms with Crippen LogP contribution in [0.4, 0.5) is 0 Å². The largest absolute Gasteiger partial charge is 0.508 e. The molecule has 322 valence electrons. The third-order valence-corrected chi connectivity index (χ3v) is 11.8. The zero-order valence-electron chi connectivity index (χ0n) is 33.8. The summed E-state index contributed by atoms with van der Waals surface area (Å²) in [6.07, 6.45) is 8.72. The topological polar surface area (TPSA) is 290 Å². The molecule has 3 fully saturated rings. The van der Waals surface area contributed by atoms with Crippen LogP contribution in [0.2, 0.25) is 0 Å². The summed E-state index contributed by atoms with van der Waals surface area (Å²) in [6, 6.07) is 2.11. The second-order valence-corrected chi connectivity index (χ2v) is 16.2. The standard InChI is InChI=1S/C41H65N9O8/c1-24(51)45-30-14-6-9-27(30)38(55)49-34(13-3-5-22-43)40(57)46-31-15-8-11-29(31)39(56)50-35(23-25-17-19-26(52)20-18-25)41(58)47-32-16-7-10-28(32)37(54)48-33(36(44)53)12-2-4-21-42/h17-20,27-35,52H,2-16,21-23,42-43H2,1H3,(H2,44,53)(H,45,51)(H,46,57)(H,47,58)(H,48,54)(H,49,55)(H,50,56)/t27-,28-,29-,30-,31-,32-,33-,34-,35-/m1/s1. The maximum Gasteiger partial charge on any atom is 0.243 e. The van der Waals surface area contributed by atoms with E-state index in [1.165, 1.54) is 19.1 Å². The number of unbranched alkanes of at least 4 members (excludes halogenated alkanes) is 2. The monoisotopic (exact) mass is 811 g/mol. The van der Waals surface area contributed by atoms with Crippen molar-refractivity contribution in [3.05, 3.63) is 29.8 Å². The number of nitrogens with one attached hydrogen (secondary N) is 6. The lowest BCUT2D eigenvalue weighted by Gasteiger charge is -2.28. The highest BCUT2D eigenvalue weighted by Gasteiger charge is 2.40. The van der Waals surface area contributed by atoms with Gasteiger partial charge in [0.15, 0.2) is 0 Å². The van der Waals surface area contributed by atoms with E-state index in [9.17, 15) is 38.7 Å². The summed E-state index contributed by atoms with van der Waals surface area (Å²) in [5, 5.41) is 27.3. The molecule has 3 saturated carbocycles. The minimum Gasteiger partial charge on any atom is -0.508 e. The Bertz CT molecular complexity index is 1580. The summed E-state index contributed by atoms with van der Waals surface area (Å²) in [6.45, 7) is 2.29. The first kappa shape index (κ1) is 45.9. The molecule has 7 amide bonds. The Kier molecular flexibility index (Phi) is 18.2. The van der Waals surface area contributed by atoms with Crippen LogP contribution < -0.4 is 49.1 Å². The molecule has 1 aromatic carbocycles. The number of phenolic OH excluding ortho intramolecular Hbond substituents is 1. The Hall–Kier alpha value is -4.77. The number of hydrogen-bond acceptors (Lipinski definition) is 10. The van der Waals surface area contributed by atoms with Gasteiger partial charge in [-0.05, 0) is 108 Å². The van der Waals surface area contributed by atoms with Gasteiger partial charge in [-0.1, -0.05) is 31.4 Å². The van der Waals surface area contributed by atoms with Gasteiger partial charge in [-0.25, -0.2) is 0 Å². The third-order valence-electron chi connectivity index (χ3n) is 11.8. The van der Waals surface area contributed by atoms with Crippen LogP contribution >= 0.6 is 0 Å². The number of benzene rings is 1. The Labute approximate surface area is 340 Å². The second-order valence-electron chi connectivity index (χ2n) is 16.2. The van der Waals surface area contributed by atoms with E-state index in [0.29, 0.717) is 109 Å². The molecule has 0 aromatic heterocycles. The van der Waals surface area contributed by atoms with Gasteiger partial charge in [-0.2, -0.15) is 0 Å². The van der Waals surface area contributed by atoms with Gasteiger partial charge in [0.25, 0.3) is 0 Å². The van der Waals surface area contributed by atoms with Gasteiger partial charge in [0.2, 0.25) is 41.4 Å². The molecule has 0 aliphatic heterocycles. The molecule has 4 rings (SSSR count). The van der Waals surface area contributed by atoms with Crippen molar-refractivity contribution in [2.45, 2.75) is 146 Å². The minimum absolute atomic E-state index is 0.0451. The molecule has 17 nitrogen and oxygen atoms in total. The summed E-state index contributed by atoms with van der Waals surface area (Å²) >= 11 is 0. The molecule has 3 aliphatic carbocycles. The molecule has 0 bridgehead atoms. The number of hydrogen-bond donors (Lipinski definition) is 10. The Morgan fingerprint density at radius 2 is 1.02 bits per heavy atom. The van der Waals surface area contributed by atoms with Gasteiger partial charge in [0.1, 0.15) is 23.9 Å². The molecule has 9 atom stereocenters. The van der Waals surface area contributed by atoms with Crippen LogP contribution in [0.3, 0.4) is 0 Å². The number of carbonyl (C=O) groups excluding carboxylic acids is 7.